The summed E-state index contributed by atoms with van der Waals surface area (Å²) in [5.74, 6) is 0.356. The average molecular weight is 155 g/mol. The minimum absolute atomic E-state index is 0.134. The van der Waals surface area contributed by atoms with Crippen LogP contribution in [0, 0.1) is 5.41 Å². The molecule has 0 amide bonds. The second-order valence-electron chi connectivity index (χ2n) is 4.26. The number of ketones is 1. The lowest BCUT2D eigenvalue weighted by Gasteiger charge is -2.21. The van der Waals surface area contributed by atoms with Crippen LogP contribution in [0.25, 0.3) is 0 Å². The maximum Gasteiger partial charge on any atom is 0.155 e. The van der Waals surface area contributed by atoms with Gasteiger partial charge < -0.3 is 5.32 Å². The minimum Gasteiger partial charge on any atom is -0.307 e. The van der Waals surface area contributed by atoms with E-state index in [0.29, 0.717) is 5.78 Å². The van der Waals surface area contributed by atoms with Gasteiger partial charge in [0, 0.05) is 5.41 Å². The molecular weight excluding hydrogens is 138 g/mol. The zero-order valence-corrected chi connectivity index (χ0v) is 7.61. The van der Waals surface area contributed by atoms with Crippen molar-refractivity contribution in [1.29, 1.82) is 0 Å². The van der Waals surface area contributed by atoms with Gasteiger partial charge in [0.1, 0.15) is 0 Å². The van der Waals surface area contributed by atoms with Crippen molar-refractivity contribution in [2.45, 2.75) is 39.7 Å². The van der Waals surface area contributed by atoms with E-state index in [1.165, 1.54) is 0 Å². The summed E-state index contributed by atoms with van der Waals surface area (Å²) in [6, 6.07) is 0.134. The second kappa shape index (κ2) is 2.94. The first-order chi connectivity index (χ1) is 5.02. The van der Waals surface area contributed by atoms with Gasteiger partial charge in [-0.15, -0.1) is 0 Å². The van der Waals surface area contributed by atoms with E-state index in [9.17, 15) is 4.79 Å². The Hall–Kier alpha value is -0.370. The van der Waals surface area contributed by atoms with Gasteiger partial charge in [0.2, 0.25) is 0 Å². The van der Waals surface area contributed by atoms with E-state index in [4.69, 9.17) is 0 Å². The molecule has 1 heterocycles. The predicted molar refractivity (Wildman–Crippen MR) is 45.5 cm³/mol. The SMILES string of the molecule is CC(C)(C)C(=O)C1CCCN1. The van der Waals surface area contributed by atoms with Gasteiger partial charge in [0.15, 0.2) is 5.78 Å². The summed E-state index contributed by atoms with van der Waals surface area (Å²) in [5.41, 5.74) is -0.179. The van der Waals surface area contributed by atoms with Crippen LogP contribution in [0.2, 0.25) is 0 Å². The van der Waals surface area contributed by atoms with Crippen molar-refractivity contribution in [1.82, 2.24) is 5.32 Å². The van der Waals surface area contributed by atoms with Crippen LogP contribution in [0.1, 0.15) is 33.6 Å². The Labute approximate surface area is 68.4 Å². The third-order valence-electron chi connectivity index (χ3n) is 2.12. The Bertz CT molecular complexity index is 151. The van der Waals surface area contributed by atoms with E-state index < -0.39 is 0 Å². The van der Waals surface area contributed by atoms with Crippen molar-refractivity contribution < 1.29 is 4.79 Å². The summed E-state index contributed by atoms with van der Waals surface area (Å²) in [7, 11) is 0. The molecule has 0 radical (unpaired) electrons. The van der Waals surface area contributed by atoms with Gasteiger partial charge in [-0.1, -0.05) is 20.8 Å². The van der Waals surface area contributed by atoms with Crippen molar-refractivity contribution >= 4 is 5.78 Å². The minimum atomic E-state index is -0.179. The monoisotopic (exact) mass is 155 g/mol. The van der Waals surface area contributed by atoms with Crippen molar-refractivity contribution in [2.75, 3.05) is 6.54 Å². The first kappa shape index (κ1) is 8.72. The molecule has 0 aromatic rings. The summed E-state index contributed by atoms with van der Waals surface area (Å²) >= 11 is 0. The van der Waals surface area contributed by atoms with Gasteiger partial charge in [-0.3, -0.25) is 4.79 Å². The molecule has 1 saturated heterocycles. The van der Waals surface area contributed by atoms with Crippen molar-refractivity contribution in [3.8, 4) is 0 Å². The molecule has 1 unspecified atom stereocenters. The smallest absolute Gasteiger partial charge is 0.155 e. The molecule has 0 spiro atoms. The first-order valence-electron chi connectivity index (χ1n) is 4.29. The molecule has 0 bridgehead atoms. The lowest BCUT2D eigenvalue weighted by Crippen LogP contribution is -2.38. The number of Topliss-reactive ketones (excluding diaryl/α,β-unsaturated/α-hetero) is 1. The number of hydrogen-bond donors (Lipinski definition) is 1. The topological polar surface area (TPSA) is 29.1 Å². The maximum atomic E-state index is 11.6. The number of carbonyl (C=O) groups excluding carboxylic acids is 1. The molecule has 1 rings (SSSR count). The molecule has 1 atom stereocenters. The van der Waals surface area contributed by atoms with Crippen molar-refractivity contribution in [2.24, 2.45) is 5.41 Å². The number of rotatable bonds is 1. The fraction of sp³-hybridized carbons (Fsp3) is 0.889. The maximum absolute atomic E-state index is 11.6. The van der Waals surface area contributed by atoms with E-state index in [1.54, 1.807) is 0 Å². The molecule has 0 aromatic carbocycles. The molecule has 1 aliphatic rings. The molecule has 0 aliphatic carbocycles. The molecule has 0 saturated carbocycles. The molecule has 11 heavy (non-hydrogen) atoms. The summed E-state index contributed by atoms with van der Waals surface area (Å²) in [5, 5.41) is 3.21. The van der Waals surface area contributed by atoms with Crippen LogP contribution in [0.3, 0.4) is 0 Å². The zero-order valence-electron chi connectivity index (χ0n) is 7.61. The summed E-state index contributed by atoms with van der Waals surface area (Å²) in [6.45, 7) is 6.95. The zero-order chi connectivity index (χ0) is 8.48. The van der Waals surface area contributed by atoms with Crippen LogP contribution in [0.15, 0.2) is 0 Å². The Morgan fingerprint density at radius 3 is 2.45 bits per heavy atom. The normalized spacial score (nSPS) is 25.5. The van der Waals surface area contributed by atoms with Crippen molar-refractivity contribution in [3.63, 3.8) is 0 Å². The van der Waals surface area contributed by atoms with E-state index in [0.717, 1.165) is 19.4 Å². The van der Waals surface area contributed by atoms with E-state index in [-0.39, 0.29) is 11.5 Å². The third-order valence-corrected chi connectivity index (χ3v) is 2.12. The molecule has 1 fully saturated rings. The van der Waals surface area contributed by atoms with Crippen molar-refractivity contribution in [3.05, 3.63) is 0 Å². The van der Waals surface area contributed by atoms with Gasteiger partial charge >= 0.3 is 0 Å². The summed E-state index contributed by atoms with van der Waals surface area (Å²) in [4.78, 5) is 11.6. The van der Waals surface area contributed by atoms with E-state index >= 15 is 0 Å². The quantitative estimate of drug-likeness (QED) is 0.619. The Morgan fingerprint density at radius 1 is 1.45 bits per heavy atom. The average Bonchev–Trinajstić information content (AvgIpc) is 2.34. The fourth-order valence-corrected chi connectivity index (χ4v) is 1.43. The van der Waals surface area contributed by atoms with E-state index in [1.807, 2.05) is 20.8 Å². The van der Waals surface area contributed by atoms with Gasteiger partial charge in [-0.25, -0.2) is 0 Å². The van der Waals surface area contributed by atoms with Gasteiger partial charge in [0.05, 0.1) is 6.04 Å². The summed E-state index contributed by atoms with van der Waals surface area (Å²) < 4.78 is 0. The molecule has 1 N–H and O–H groups in total. The largest absolute Gasteiger partial charge is 0.307 e. The molecule has 0 aromatic heterocycles. The van der Waals surface area contributed by atoms with Crippen LogP contribution in [0.5, 0.6) is 0 Å². The number of carbonyl (C=O) groups is 1. The van der Waals surface area contributed by atoms with Gasteiger partial charge in [-0.05, 0) is 19.4 Å². The predicted octanol–water partition coefficient (Wildman–Crippen LogP) is 1.35. The number of hydrogen-bond acceptors (Lipinski definition) is 2. The van der Waals surface area contributed by atoms with Crippen LogP contribution >= 0.6 is 0 Å². The Balaban J connectivity index is 2.53. The first-order valence-corrected chi connectivity index (χ1v) is 4.29. The molecule has 64 valence electrons. The Morgan fingerprint density at radius 2 is 2.09 bits per heavy atom. The molecule has 1 aliphatic heterocycles. The molecule has 2 nitrogen and oxygen atoms in total. The van der Waals surface area contributed by atoms with Crippen LogP contribution < -0.4 is 5.32 Å². The van der Waals surface area contributed by atoms with Crippen LogP contribution in [-0.4, -0.2) is 18.4 Å². The highest BCUT2D eigenvalue weighted by Gasteiger charge is 2.30. The van der Waals surface area contributed by atoms with Crippen LogP contribution in [0.4, 0.5) is 0 Å². The Kier molecular flexibility index (Phi) is 2.33. The lowest BCUT2D eigenvalue weighted by molar-refractivity contribution is -0.128. The van der Waals surface area contributed by atoms with E-state index in [2.05, 4.69) is 5.32 Å². The second-order valence-corrected chi connectivity index (χ2v) is 4.26. The lowest BCUT2D eigenvalue weighted by atomic mass is 9.86. The number of nitrogens with one attached hydrogen (secondary N) is 1. The fourth-order valence-electron chi connectivity index (χ4n) is 1.43. The highest BCUT2D eigenvalue weighted by Crippen LogP contribution is 2.20. The highest BCUT2D eigenvalue weighted by atomic mass is 16.1. The standard InChI is InChI=1S/C9H17NO/c1-9(2,3)8(11)7-5-4-6-10-7/h7,10H,4-6H2,1-3H3. The van der Waals surface area contributed by atoms with Gasteiger partial charge in [-0.2, -0.15) is 0 Å². The molecular formula is C9H17NO. The van der Waals surface area contributed by atoms with Crippen LogP contribution in [-0.2, 0) is 4.79 Å². The van der Waals surface area contributed by atoms with Gasteiger partial charge in [0.25, 0.3) is 0 Å². The third kappa shape index (κ3) is 2.03. The summed E-state index contributed by atoms with van der Waals surface area (Å²) in [6.07, 6.45) is 2.17. The highest BCUT2D eigenvalue weighted by molar-refractivity contribution is 5.88. The molecule has 2 heteroatoms.